The fraction of sp³-hybridized carbons (Fsp3) is 0.429. The predicted octanol–water partition coefficient (Wildman–Crippen LogP) is 2.07. The van der Waals surface area contributed by atoms with Crippen LogP contribution in [0.3, 0.4) is 0 Å². The van der Waals surface area contributed by atoms with Gasteiger partial charge in [-0.1, -0.05) is 28.1 Å². The minimum atomic E-state index is -0.451. The molecule has 0 saturated carbocycles. The van der Waals surface area contributed by atoms with Crippen LogP contribution in [-0.4, -0.2) is 28.8 Å². The second kappa shape index (κ2) is 5.74. The maximum absolute atomic E-state index is 12.3. The Kier molecular flexibility index (Phi) is 4.24. The highest BCUT2D eigenvalue weighted by Crippen LogP contribution is 2.17. The minimum absolute atomic E-state index is 0.0266. The van der Waals surface area contributed by atoms with E-state index < -0.39 is 6.04 Å². The third-order valence-corrected chi connectivity index (χ3v) is 3.84. The molecule has 1 aromatic carbocycles. The molecule has 2 rings (SSSR count). The number of rotatable bonds is 2. The van der Waals surface area contributed by atoms with Crippen molar-refractivity contribution in [2.24, 2.45) is 0 Å². The van der Waals surface area contributed by atoms with Crippen LogP contribution in [0.15, 0.2) is 28.7 Å². The summed E-state index contributed by atoms with van der Waals surface area (Å²) in [5, 5.41) is 2.71. The van der Waals surface area contributed by atoms with Crippen LogP contribution in [-0.2, 0) is 16.1 Å². The van der Waals surface area contributed by atoms with Gasteiger partial charge in [0.05, 0.1) is 0 Å². The van der Waals surface area contributed by atoms with Gasteiger partial charge < -0.3 is 10.2 Å². The Balaban J connectivity index is 2.18. The first kappa shape index (κ1) is 14.1. The van der Waals surface area contributed by atoms with Crippen molar-refractivity contribution in [2.45, 2.75) is 38.9 Å². The van der Waals surface area contributed by atoms with Crippen LogP contribution in [0, 0.1) is 0 Å². The van der Waals surface area contributed by atoms with E-state index in [0.29, 0.717) is 13.0 Å². The van der Waals surface area contributed by atoms with Gasteiger partial charge in [0.25, 0.3) is 0 Å². The Bertz CT molecular complexity index is 487. The van der Waals surface area contributed by atoms with Crippen molar-refractivity contribution < 1.29 is 9.59 Å². The lowest BCUT2D eigenvalue weighted by Crippen LogP contribution is -2.44. The zero-order valence-corrected chi connectivity index (χ0v) is 12.6. The Labute approximate surface area is 121 Å². The van der Waals surface area contributed by atoms with Crippen LogP contribution >= 0.6 is 15.9 Å². The van der Waals surface area contributed by atoms with Crippen LogP contribution in [0.1, 0.15) is 25.8 Å². The predicted molar refractivity (Wildman–Crippen MR) is 76.4 cm³/mol. The summed E-state index contributed by atoms with van der Waals surface area (Å²) < 4.78 is 1.01. The average Bonchev–Trinajstić information content (AvgIpc) is 2.44. The van der Waals surface area contributed by atoms with Crippen LogP contribution in [0.2, 0.25) is 0 Å². The molecule has 0 aromatic heterocycles. The normalized spacial score (nSPS) is 24.1. The molecule has 5 heteroatoms. The van der Waals surface area contributed by atoms with E-state index in [2.05, 4.69) is 21.2 Å². The average molecular weight is 325 g/mol. The van der Waals surface area contributed by atoms with E-state index in [1.165, 1.54) is 0 Å². The van der Waals surface area contributed by atoms with Gasteiger partial charge in [-0.15, -0.1) is 0 Å². The molecule has 102 valence electrons. The topological polar surface area (TPSA) is 49.4 Å². The van der Waals surface area contributed by atoms with Crippen molar-refractivity contribution in [1.82, 2.24) is 10.2 Å². The van der Waals surface area contributed by atoms with Gasteiger partial charge in [0.2, 0.25) is 11.8 Å². The fourth-order valence-electron chi connectivity index (χ4n) is 2.23. The van der Waals surface area contributed by atoms with Crippen LogP contribution in [0.4, 0.5) is 0 Å². The zero-order chi connectivity index (χ0) is 14.0. The lowest BCUT2D eigenvalue weighted by atomic mass is 10.1. The van der Waals surface area contributed by atoms with Crippen molar-refractivity contribution in [3.05, 3.63) is 34.3 Å². The monoisotopic (exact) mass is 324 g/mol. The molecule has 0 radical (unpaired) electrons. The Morgan fingerprint density at radius 2 is 1.89 bits per heavy atom. The smallest absolute Gasteiger partial charge is 0.245 e. The molecule has 1 aliphatic rings. The van der Waals surface area contributed by atoms with Crippen molar-refractivity contribution >= 4 is 27.7 Å². The number of amides is 2. The van der Waals surface area contributed by atoms with E-state index in [0.717, 1.165) is 10.0 Å². The van der Waals surface area contributed by atoms with Gasteiger partial charge in [0.15, 0.2) is 0 Å². The number of carbonyl (C=O) groups is 2. The van der Waals surface area contributed by atoms with E-state index in [4.69, 9.17) is 0 Å². The summed E-state index contributed by atoms with van der Waals surface area (Å²) in [4.78, 5) is 25.6. The summed E-state index contributed by atoms with van der Waals surface area (Å²) in [7, 11) is 0. The first-order chi connectivity index (χ1) is 8.97. The fourth-order valence-corrected chi connectivity index (χ4v) is 2.49. The molecule has 1 saturated heterocycles. The van der Waals surface area contributed by atoms with Crippen molar-refractivity contribution in [2.75, 3.05) is 0 Å². The van der Waals surface area contributed by atoms with Crippen molar-refractivity contribution in [1.29, 1.82) is 0 Å². The van der Waals surface area contributed by atoms with Gasteiger partial charge in [0, 0.05) is 23.5 Å². The molecule has 0 aliphatic carbocycles. The Morgan fingerprint density at radius 3 is 2.53 bits per heavy atom. The highest BCUT2D eigenvalue weighted by atomic mass is 79.9. The standard InChI is InChI=1S/C14H17BrN2O2/c1-9-7-13(18)16-10(2)14(19)17(9)8-11-3-5-12(15)6-4-11/h3-6,9-10H,7-8H2,1-2H3,(H,16,18). The molecule has 1 N–H and O–H groups in total. The van der Waals surface area contributed by atoms with Gasteiger partial charge >= 0.3 is 0 Å². The minimum Gasteiger partial charge on any atom is -0.345 e. The number of carbonyl (C=O) groups excluding carboxylic acids is 2. The second-order valence-corrected chi connectivity index (χ2v) is 5.85. The molecule has 1 heterocycles. The molecule has 1 aromatic rings. The molecule has 0 bridgehead atoms. The van der Waals surface area contributed by atoms with E-state index in [1.54, 1.807) is 11.8 Å². The zero-order valence-electron chi connectivity index (χ0n) is 11.0. The van der Waals surface area contributed by atoms with Gasteiger partial charge in [-0.2, -0.15) is 0 Å². The SMILES string of the molecule is CC1NC(=O)CC(C)N(Cc2ccc(Br)cc2)C1=O. The summed E-state index contributed by atoms with van der Waals surface area (Å²) in [5.74, 6) is -0.0899. The second-order valence-electron chi connectivity index (χ2n) is 4.93. The molecule has 0 spiro atoms. The third-order valence-electron chi connectivity index (χ3n) is 3.31. The molecular weight excluding hydrogens is 308 g/mol. The van der Waals surface area contributed by atoms with E-state index >= 15 is 0 Å². The van der Waals surface area contributed by atoms with E-state index in [9.17, 15) is 9.59 Å². The van der Waals surface area contributed by atoms with Crippen LogP contribution in [0.5, 0.6) is 0 Å². The molecule has 2 atom stereocenters. The van der Waals surface area contributed by atoms with Crippen LogP contribution < -0.4 is 5.32 Å². The number of halogens is 1. The van der Waals surface area contributed by atoms with E-state index in [1.807, 2.05) is 31.2 Å². The molecule has 2 unspecified atom stereocenters. The number of nitrogens with one attached hydrogen (secondary N) is 1. The number of hydrogen-bond donors (Lipinski definition) is 1. The van der Waals surface area contributed by atoms with Crippen molar-refractivity contribution in [3.63, 3.8) is 0 Å². The van der Waals surface area contributed by atoms with E-state index in [-0.39, 0.29) is 17.9 Å². The lowest BCUT2D eigenvalue weighted by molar-refractivity contribution is -0.135. The maximum Gasteiger partial charge on any atom is 0.245 e. The summed E-state index contributed by atoms with van der Waals surface area (Å²) in [6.45, 7) is 4.17. The summed E-state index contributed by atoms with van der Waals surface area (Å²) in [5.41, 5.74) is 1.06. The first-order valence-electron chi connectivity index (χ1n) is 6.31. The van der Waals surface area contributed by atoms with Gasteiger partial charge in [-0.3, -0.25) is 9.59 Å². The summed E-state index contributed by atoms with van der Waals surface area (Å²) >= 11 is 3.39. The Morgan fingerprint density at radius 1 is 1.26 bits per heavy atom. The van der Waals surface area contributed by atoms with Gasteiger partial charge in [-0.25, -0.2) is 0 Å². The molecule has 19 heavy (non-hydrogen) atoms. The summed E-state index contributed by atoms with van der Waals surface area (Å²) in [6.07, 6.45) is 0.354. The molecule has 2 amide bonds. The largest absolute Gasteiger partial charge is 0.345 e. The number of hydrogen-bond acceptors (Lipinski definition) is 2. The maximum atomic E-state index is 12.3. The molecule has 1 fully saturated rings. The lowest BCUT2D eigenvalue weighted by Gasteiger charge is -2.28. The molecular formula is C14H17BrN2O2. The summed E-state index contributed by atoms with van der Waals surface area (Å²) in [6, 6.07) is 7.34. The molecule has 1 aliphatic heterocycles. The highest BCUT2D eigenvalue weighted by molar-refractivity contribution is 9.10. The number of benzene rings is 1. The third kappa shape index (κ3) is 3.35. The quantitative estimate of drug-likeness (QED) is 0.905. The highest BCUT2D eigenvalue weighted by Gasteiger charge is 2.31. The molecule has 4 nitrogen and oxygen atoms in total. The van der Waals surface area contributed by atoms with Crippen LogP contribution in [0.25, 0.3) is 0 Å². The van der Waals surface area contributed by atoms with Gasteiger partial charge in [-0.05, 0) is 31.5 Å². The first-order valence-corrected chi connectivity index (χ1v) is 7.11. The van der Waals surface area contributed by atoms with Crippen molar-refractivity contribution in [3.8, 4) is 0 Å². The Hall–Kier alpha value is -1.36. The number of nitrogens with zero attached hydrogens (tertiary/aromatic N) is 1. The van der Waals surface area contributed by atoms with Gasteiger partial charge in [0.1, 0.15) is 6.04 Å².